The standard InChI is InChI=1S/C18H12ClF3N2O2S/c1-24(8-13(25)23-11-7-6-10(20)15(21)16(11)22)18(26)17-14(19)9-4-2-3-5-12(9)27-17/h2-7H,8H2,1H3,(H,23,25). The molecule has 4 nitrogen and oxygen atoms in total. The fourth-order valence-corrected chi connectivity index (χ4v) is 3.93. The molecule has 2 aromatic carbocycles. The van der Waals surface area contributed by atoms with E-state index in [1.165, 1.54) is 18.4 Å². The van der Waals surface area contributed by atoms with Crippen molar-refractivity contribution < 1.29 is 22.8 Å². The number of amides is 2. The van der Waals surface area contributed by atoms with Crippen LogP contribution >= 0.6 is 22.9 Å². The highest BCUT2D eigenvalue weighted by atomic mass is 35.5. The summed E-state index contributed by atoms with van der Waals surface area (Å²) in [5.41, 5.74) is -0.514. The van der Waals surface area contributed by atoms with Crippen molar-refractivity contribution in [3.05, 3.63) is 63.7 Å². The SMILES string of the molecule is CN(CC(=O)Nc1ccc(F)c(F)c1F)C(=O)c1sc2ccccc2c1Cl. The van der Waals surface area contributed by atoms with Crippen LogP contribution in [-0.4, -0.2) is 30.3 Å². The van der Waals surface area contributed by atoms with E-state index in [4.69, 9.17) is 11.6 Å². The van der Waals surface area contributed by atoms with E-state index in [9.17, 15) is 22.8 Å². The van der Waals surface area contributed by atoms with E-state index < -0.39 is 41.5 Å². The maximum absolute atomic E-state index is 13.6. The van der Waals surface area contributed by atoms with Gasteiger partial charge in [-0.1, -0.05) is 29.8 Å². The highest BCUT2D eigenvalue weighted by Gasteiger charge is 2.22. The van der Waals surface area contributed by atoms with Gasteiger partial charge in [0.25, 0.3) is 5.91 Å². The van der Waals surface area contributed by atoms with Crippen LogP contribution in [0.4, 0.5) is 18.9 Å². The van der Waals surface area contributed by atoms with Crippen LogP contribution in [0, 0.1) is 17.5 Å². The first-order valence-electron chi connectivity index (χ1n) is 7.65. The van der Waals surface area contributed by atoms with Gasteiger partial charge in [0.1, 0.15) is 4.88 Å². The third kappa shape index (κ3) is 3.77. The van der Waals surface area contributed by atoms with Crippen molar-refractivity contribution in [1.82, 2.24) is 4.90 Å². The number of nitrogens with one attached hydrogen (secondary N) is 1. The summed E-state index contributed by atoms with van der Waals surface area (Å²) in [6.45, 7) is -0.429. The van der Waals surface area contributed by atoms with E-state index in [1.54, 1.807) is 12.1 Å². The highest BCUT2D eigenvalue weighted by Crippen LogP contribution is 2.35. The molecular formula is C18H12ClF3N2O2S. The van der Waals surface area contributed by atoms with Crippen molar-refractivity contribution in [2.45, 2.75) is 0 Å². The molecule has 0 aliphatic heterocycles. The summed E-state index contributed by atoms with van der Waals surface area (Å²) >= 11 is 7.44. The van der Waals surface area contributed by atoms with Gasteiger partial charge in [0.05, 0.1) is 17.3 Å². The molecule has 3 aromatic rings. The first kappa shape index (κ1) is 19.2. The molecule has 0 atom stereocenters. The van der Waals surface area contributed by atoms with Crippen molar-refractivity contribution in [2.75, 3.05) is 18.9 Å². The summed E-state index contributed by atoms with van der Waals surface area (Å²) in [7, 11) is 1.38. The van der Waals surface area contributed by atoms with Gasteiger partial charge in [0.15, 0.2) is 17.5 Å². The summed E-state index contributed by atoms with van der Waals surface area (Å²) in [5, 5.41) is 3.13. The number of hydrogen-bond acceptors (Lipinski definition) is 3. The van der Waals surface area contributed by atoms with Crippen LogP contribution in [0.5, 0.6) is 0 Å². The van der Waals surface area contributed by atoms with Gasteiger partial charge in [-0.05, 0) is 18.2 Å². The maximum atomic E-state index is 13.6. The Labute approximate surface area is 161 Å². The van der Waals surface area contributed by atoms with Crippen LogP contribution in [0.1, 0.15) is 9.67 Å². The fraction of sp³-hybridized carbons (Fsp3) is 0.111. The van der Waals surface area contributed by atoms with E-state index in [0.29, 0.717) is 11.1 Å². The van der Waals surface area contributed by atoms with E-state index in [-0.39, 0.29) is 4.88 Å². The van der Waals surface area contributed by atoms with E-state index >= 15 is 0 Å². The topological polar surface area (TPSA) is 49.4 Å². The number of benzene rings is 2. The molecule has 2 amide bonds. The number of carbonyl (C=O) groups is 2. The zero-order chi connectivity index (χ0) is 19.7. The van der Waals surface area contributed by atoms with E-state index in [0.717, 1.165) is 21.1 Å². The van der Waals surface area contributed by atoms with E-state index in [2.05, 4.69) is 5.32 Å². The second-order valence-electron chi connectivity index (χ2n) is 5.67. The van der Waals surface area contributed by atoms with Crippen LogP contribution in [0.2, 0.25) is 5.02 Å². The van der Waals surface area contributed by atoms with Gasteiger partial charge in [-0.3, -0.25) is 9.59 Å². The van der Waals surface area contributed by atoms with Crippen molar-refractivity contribution in [1.29, 1.82) is 0 Å². The molecule has 3 rings (SSSR count). The molecule has 0 radical (unpaired) electrons. The Morgan fingerprint density at radius 1 is 1.11 bits per heavy atom. The van der Waals surface area contributed by atoms with Gasteiger partial charge < -0.3 is 10.2 Å². The number of halogens is 4. The van der Waals surface area contributed by atoms with Crippen LogP contribution in [-0.2, 0) is 4.79 Å². The minimum atomic E-state index is -1.69. The number of fused-ring (bicyclic) bond motifs is 1. The average Bonchev–Trinajstić information content (AvgIpc) is 2.98. The first-order valence-corrected chi connectivity index (χ1v) is 8.85. The number of nitrogens with zero attached hydrogens (tertiary/aromatic N) is 1. The molecule has 140 valence electrons. The van der Waals surface area contributed by atoms with Gasteiger partial charge >= 0.3 is 0 Å². The lowest BCUT2D eigenvalue weighted by atomic mass is 10.2. The van der Waals surface area contributed by atoms with Crippen LogP contribution < -0.4 is 5.32 Å². The predicted octanol–water partition coefficient (Wildman–Crippen LogP) is 4.68. The van der Waals surface area contributed by atoms with Gasteiger partial charge in [0, 0.05) is 17.1 Å². The molecule has 9 heteroatoms. The lowest BCUT2D eigenvalue weighted by Crippen LogP contribution is -2.34. The number of hydrogen-bond donors (Lipinski definition) is 1. The maximum Gasteiger partial charge on any atom is 0.265 e. The molecule has 0 fully saturated rings. The summed E-state index contributed by atoms with van der Waals surface area (Å²) in [6, 6.07) is 8.81. The van der Waals surface area contributed by atoms with Crippen molar-refractivity contribution in [2.24, 2.45) is 0 Å². The number of carbonyl (C=O) groups excluding carboxylic acids is 2. The molecular weight excluding hydrogens is 401 g/mol. The van der Waals surface area contributed by atoms with E-state index in [1.807, 2.05) is 12.1 Å². The largest absolute Gasteiger partial charge is 0.332 e. The minimum Gasteiger partial charge on any atom is -0.332 e. The van der Waals surface area contributed by atoms with Crippen LogP contribution in [0.25, 0.3) is 10.1 Å². The van der Waals surface area contributed by atoms with Crippen molar-refractivity contribution in [3.8, 4) is 0 Å². The van der Waals surface area contributed by atoms with Gasteiger partial charge in [-0.25, -0.2) is 13.2 Å². The zero-order valence-corrected chi connectivity index (χ0v) is 15.4. The Kier molecular flexibility index (Phi) is 5.38. The monoisotopic (exact) mass is 412 g/mol. The summed E-state index contributed by atoms with van der Waals surface area (Å²) in [5.74, 6) is -5.81. The average molecular weight is 413 g/mol. The Bertz CT molecular complexity index is 1050. The third-order valence-corrected chi connectivity index (χ3v) is 5.43. The summed E-state index contributed by atoms with van der Waals surface area (Å²) < 4.78 is 40.6. The second-order valence-corrected chi connectivity index (χ2v) is 7.10. The molecule has 0 bridgehead atoms. The third-order valence-electron chi connectivity index (χ3n) is 3.77. The summed E-state index contributed by atoms with van der Waals surface area (Å²) in [6.07, 6.45) is 0. The minimum absolute atomic E-state index is 0.271. The quantitative estimate of drug-likeness (QED) is 0.632. The molecule has 0 unspecified atom stereocenters. The number of likely N-dealkylation sites (N-methyl/N-ethyl adjacent to an activating group) is 1. The van der Waals surface area contributed by atoms with Crippen LogP contribution in [0.15, 0.2) is 36.4 Å². The normalized spacial score (nSPS) is 10.9. The molecule has 1 aromatic heterocycles. The number of thiophene rings is 1. The van der Waals surface area contributed by atoms with Gasteiger partial charge in [-0.15, -0.1) is 11.3 Å². The fourth-order valence-electron chi connectivity index (χ4n) is 2.42. The lowest BCUT2D eigenvalue weighted by molar-refractivity contribution is -0.116. The van der Waals surface area contributed by atoms with Gasteiger partial charge in [0.2, 0.25) is 5.91 Å². The Hall–Kier alpha value is -2.58. The highest BCUT2D eigenvalue weighted by molar-refractivity contribution is 7.21. The lowest BCUT2D eigenvalue weighted by Gasteiger charge is -2.16. The van der Waals surface area contributed by atoms with Gasteiger partial charge in [-0.2, -0.15) is 0 Å². The van der Waals surface area contributed by atoms with Crippen molar-refractivity contribution >= 4 is 50.5 Å². The zero-order valence-electron chi connectivity index (χ0n) is 13.9. The first-order chi connectivity index (χ1) is 12.8. The number of anilines is 1. The smallest absolute Gasteiger partial charge is 0.265 e. The molecule has 1 N–H and O–H groups in total. The molecule has 0 spiro atoms. The molecule has 0 aliphatic rings. The molecule has 0 saturated carbocycles. The Morgan fingerprint density at radius 2 is 1.81 bits per heavy atom. The predicted molar refractivity (Wildman–Crippen MR) is 98.7 cm³/mol. The summed E-state index contributed by atoms with van der Waals surface area (Å²) in [4.78, 5) is 26.0. The second kappa shape index (κ2) is 7.58. The van der Waals surface area contributed by atoms with Crippen LogP contribution in [0.3, 0.4) is 0 Å². The Morgan fingerprint density at radius 3 is 2.52 bits per heavy atom. The number of rotatable bonds is 4. The molecule has 0 aliphatic carbocycles. The molecule has 0 saturated heterocycles. The molecule has 1 heterocycles. The molecule has 27 heavy (non-hydrogen) atoms. The van der Waals surface area contributed by atoms with Crippen molar-refractivity contribution in [3.63, 3.8) is 0 Å². The Balaban J connectivity index is 1.73.